The molecule has 2 heterocycles. The lowest BCUT2D eigenvalue weighted by atomic mass is 10.0. The van der Waals surface area contributed by atoms with Crippen LogP contribution in [-0.2, 0) is 0 Å². The summed E-state index contributed by atoms with van der Waals surface area (Å²) in [4.78, 5) is 15.1. The first-order valence-corrected chi connectivity index (χ1v) is 12.0. The van der Waals surface area contributed by atoms with Crippen molar-refractivity contribution in [3.8, 4) is 22.8 Å². The third-order valence-electron chi connectivity index (χ3n) is 5.99. The molecule has 184 valence electrons. The summed E-state index contributed by atoms with van der Waals surface area (Å²) in [5.74, 6) is 0.276. The lowest BCUT2D eigenvalue weighted by Crippen LogP contribution is -2.12. The second kappa shape index (κ2) is 10.3. The van der Waals surface area contributed by atoms with E-state index in [2.05, 4.69) is 68.9 Å². The van der Waals surface area contributed by atoms with Crippen LogP contribution in [-0.4, -0.2) is 16.1 Å². The highest BCUT2D eigenvalue weighted by Gasteiger charge is 2.15. The molecule has 0 aliphatic rings. The number of hydrogen-bond donors (Lipinski definition) is 1. The minimum atomic E-state index is -0.350. The number of hydrogen-bond acceptors (Lipinski definition) is 6. The van der Waals surface area contributed by atoms with Crippen LogP contribution in [0.15, 0.2) is 136 Å². The summed E-state index contributed by atoms with van der Waals surface area (Å²) in [6.45, 7) is 0. The number of nitrogens with zero attached hydrogens (tertiary/aromatic N) is 3. The van der Waals surface area contributed by atoms with Crippen molar-refractivity contribution in [2.24, 2.45) is 0 Å². The van der Waals surface area contributed by atoms with Gasteiger partial charge in [-0.25, -0.2) is 0 Å². The third kappa shape index (κ3) is 4.81. The van der Waals surface area contributed by atoms with E-state index < -0.39 is 0 Å². The predicted molar refractivity (Wildman–Crippen MR) is 147 cm³/mol. The summed E-state index contributed by atoms with van der Waals surface area (Å²) in [7, 11) is 0. The Morgan fingerprint density at radius 2 is 1.34 bits per heavy atom. The van der Waals surface area contributed by atoms with E-state index in [1.807, 2.05) is 54.6 Å². The molecule has 0 saturated carbocycles. The highest BCUT2D eigenvalue weighted by atomic mass is 16.4. The van der Waals surface area contributed by atoms with E-state index in [-0.39, 0.29) is 17.8 Å². The molecule has 2 aromatic heterocycles. The predicted octanol–water partition coefficient (Wildman–Crippen LogP) is 7.72. The minimum Gasteiger partial charge on any atom is -0.459 e. The summed E-state index contributed by atoms with van der Waals surface area (Å²) >= 11 is 0. The second-order valence-corrected chi connectivity index (χ2v) is 8.48. The van der Waals surface area contributed by atoms with Crippen LogP contribution in [0.5, 0.6) is 0 Å². The van der Waals surface area contributed by atoms with Gasteiger partial charge in [-0.2, -0.15) is 0 Å². The van der Waals surface area contributed by atoms with E-state index in [1.165, 1.54) is 6.26 Å². The number of aromatic nitrogens is 2. The Kier molecular flexibility index (Phi) is 6.22. The molecule has 7 nitrogen and oxygen atoms in total. The molecule has 6 aromatic rings. The Labute approximate surface area is 219 Å². The zero-order chi connectivity index (χ0) is 25.7. The lowest BCUT2D eigenvalue weighted by molar-refractivity contribution is 0.102. The van der Waals surface area contributed by atoms with Crippen LogP contribution in [0.1, 0.15) is 10.4 Å². The number of benzene rings is 4. The van der Waals surface area contributed by atoms with E-state index in [0.717, 1.165) is 28.2 Å². The molecule has 0 unspecified atom stereocenters. The van der Waals surface area contributed by atoms with Crippen molar-refractivity contribution in [3.63, 3.8) is 0 Å². The first-order valence-electron chi connectivity index (χ1n) is 12.0. The maximum atomic E-state index is 12.9. The van der Waals surface area contributed by atoms with Crippen molar-refractivity contribution in [1.82, 2.24) is 10.2 Å². The molecular formula is C31H22N4O3. The Morgan fingerprint density at radius 3 is 2.00 bits per heavy atom. The van der Waals surface area contributed by atoms with E-state index in [4.69, 9.17) is 8.83 Å². The van der Waals surface area contributed by atoms with Gasteiger partial charge >= 0.3 is 6.01 Å². The molecule has 0 radical (unpaired) electrons. The number of amides is 1. The van der Waals surface area contributed by atoms with Gasteiger partial charge in [0.25, 0.3) is 11.8 Å². The molecule has 0 spiro atoms. The largest absolute Gasteiger partial charge is 0.459 e. The summed E-state index contributed by atoms with van der Waals surface area (Å²) in [6.07, 6.45) is 1.51. The summed E-state index contributed by atoms with van der Waals surface area (Å²) in [5, 5.41) is 10.4. The monoisotopic (exact) mass is 498 g/mol. The molecule has 0 fully saturated rings. The normalized spacial score (nSPS) is 10.7. The van der Waals surface area contributed by atoms with Crippen molar-refractivity contribution in [2.45, 2.75) is 0 Å². The van der Waals surface area contributed by atoms with Crippen molar-refractivity contribution in [2.75, 3.05) is 10.2 Å². The molecule has 0 atom stereocenters. The van der Waals surface area contributed by atoms with Gasteiger partial charge in [-0.3, -0.25) is 10.1 Å². The van der Waals surface area contributed by atoms with Gasteiger partial charge in [0.15, 0.2) is 5.76 Å². The molecule has 6 rings (SSSR count). The smallest absolute Gasteiger partial charge is 0.322 e. The van der Waals surface area contributed by atoms with Crippen molar-refractivity contribution in [1.29, 1.82) is 0 Å². The average Bonchev–Trinajstić information content (AvgIpc) is 3.68. The Morgan fingerprint density at radius 1 is 0.658 bits per heavy atom. The maximum Gasteiger partial charge on any atom is 0.322 e. The topological polar surface area (TPSA) is 84.4 Å². The Balaban J connectivity index is 1.23. The van der Waals surface area contributed by atoms with Crippen LogP contribution in [0, 0.1) is 0 Å². The number of nitrogens with one attached hydrogen (secondary N) is 1. The van der Waals surface area contributed by atoms with Gasteiger partial charge in [-0.1, -0.05) is 65.8 Å². The fourth-order valence-electron chi connectivity index (χ4n) is 4.19. The van der Waals surface area contributed by atoms with Crippen LogP contribution < -0.4 is 10.2 Å². The van der Waals surface area contributed by atoms with Gasteiger partial charge in [0.05, 0.1) is 6.26 Å². The van der Waals surface area contributed by atoms with Crippen molar-refractivity contribution < 1.29 is 13.6 Å². The lowest BCUT2D eigenvalue weighted by Gasteiger charge is -2.25. The number of rotatable bonds is 7. The zero-order valence-corrected chi connectivity index (χ0v) is 20.2. The van der Waals surface area contributed by atoms with Gasteiger partial charge in [0, 0.05) is 22.6 Å². The first-order chi connectivity index (χ1) is 18.7. The van der Waals surface area contributed by atoms with Gasteiger partial charge in [0.1, 0.15) is 0 Å². The molecule has 1 N–H and O–H groups in total. The Bertz CT molecular complexity index is 1610. The summed E-state index contributed by atoms with van der Waals surface area (Å²) in [5.41, 5.74) is 5.55. The molecule has 0 saturated heterocycles. The summed E-state index contributed by atoms with van der Waals surface area (Å²) in [6, 6.07) is 39.6. The average molecular weight is 499 g/mol. The van der Waals surface area contributed by atoms with Crippen molar-refractivity contribution in [3.05, 3.63) is 133 Å². The second-order valence-electron chi connectivity index (χ2n) is 8.48. The highest BCUT2D eigenvalue weighted by molar-refractivity contribution is 6.03. The minimum absolute atomic E-state index is 0.00179. The first kappa shape index (κ1) is 23.0. The van der Waals surface area contributed by atoms with Crippen LogP contribution in [0.2, 0.25) is 0 Å². The van der Waals surface area contributed by atoms with Crippen LogP contribution in [0.4, 0.5) is 23.1 Å². The van der Waals surface area contributed by atoms with Gasteiger partial charge in [-0.05, 0) is 71.8 Å². The van der Waals surface area contributed by atoms with Gasteiger partial charge in [0.2, 0.25) is 0 Å². The molecule has 38 heavy (non-hydrogen) atoms. The standard InChI is InChI=1S/C31H22N4O3/c36-29(32-31-34-33-30(38-31)28-15-8-20-37-28)24-10-7-9-23(21-24)22-16-18-27(19-17-22)35(25-11-3-1-4-12-25)26-13-5-2-6-14-26/h1-21H,(H,32,34,36). The molecule has 1 amide bonds. The Hall–Kier alpha value is -5.43. The molecule has 0 bridgehead atoms. The van der Waals surface area contributed by atoms with Gasteiger partial charge < -0.3 is 13.7 Å². The number of furan rings is 1. The van der Waals surface area contributed by atoms with E-state index in [1.54, 1.807) is 18.2 Å². The molecule has 4 aromatic carbocycles. The quantitative estimate of drug-likeness (QED) is 0.243. The number of para-hydroxylation sites is 2. The third-order valence-corrected chi connectivity index (χ3v) is 5.99. The molecule has 0 aliphatic heterocycles. The van der Waals surface area contributed by atoms with E-state index in [9.17, 15) is 4.79 Å². The van der Waals surface area contributed by atoms with Crippen molar-refractivity contribution >= 4 is 29.0 Å². The molecular weight excluding hydrogens is 476 g/mol. The molecule has 0 aliphatic carbocycles. The maximum absolute atomic E-state index is 12.9. The van der Waals surface area contributed by atoms with Gasteiger partial charge in [-0.15, -0.1) is 5.10 Å². The van der Waals surface area contributed by atoms with Crippen LogP contribution in [0.3, 0.4) is 0 Å². The number of carbonyl (C=O) groups excluding carboxylic acids is 1. The van der Waals surface area contributed by atoms with Crippen LogP contribution in [0.25, 0.3) is 22.8 Å². The zero-order valence-electron chi connectivity index (χ0n) is 20.2. The van der Waals surface area contributed by atoms with Crippen LogP contribution >= 0.6 is 0 Å². The fraction of sp³-hybridized carbons (Fsp3) is 0. The summed E-state index contributed by atoms with van der Waals surface area (Å²) < 4.78 is 10.7. The number of anilines is 4. The molecule has 7 heteroatoms. The van der Waals surface area contributed by atoms with E-state index >= 15 is 0 Å². The fourth-order valence-corrected chi connectivity index (χ4v) is 4.19. The number of carbonyl (C=O) groups is 1. The highest BCUT2D eigenvalue weighted by Crippen LogP contribution is 2.35. The van der Waals surface area contributed by atoms with E-state index in [0.29, 0.717) is 11.3 Å². The SMILES string of the molecule is O=C(Nc1nnc(-c2ccco2)o1)c1cccc(-c2ccc(N(c3ccccc3)c3ccccc3)cc2)c1.